The molecule has 0 aromatic rings. The summed E-state index contributed by atoms with van der Waals surface area (Å²) in [6.07, 6.45) is 3.90. The average molecular weight is 233 g/mol. The topological polar surface area (TPSA) is 46.2 Å². The first-order valence-electron chi connectivity index (χ1n) is 5.93. The molecule has 0 amide bonds. The van der Waals surface area contributed by atoms with Crippen molar-refractivity contribution in [3.63, 3.8) is 0 Å². The Morgan fingerprint density at radius 2 is 1.67 bits per heavy atom. The number of hydrogen-bond donors (Lipinski definition) is 1. The molecule has 2 atom stereocenters. The minimum atomic E-state index is -3.03. The maximum Gasteiger partial charge on any atom is 0.211 e. The zero-order chi connectivity index (χ0) is 11.5. The summed E-state index contributed by atoms with van der Waals surface area (Å²) in [4.78, 5) is 0. The molecule has 0 spiro atoms. The molecular formula is C11H23NO2S. The van der Waals surface area contributed by atoms with Crippen LogP contribution >= 0.6 is 0 Å². The van der Waals surface area contributed by atoms with Crippen LogP contribution in [0.3, 0.4) is 0 Å². The first-order chi connectivity index (χ1) is 6.93. The molecule has 1 rings (SSSR count). The fraction of sp³-hybridized carbons (Fsp3) is 1.00. The second-order valence-corrected chi connectivity index (χ2v) is 6.92. The Kier molecular flexibility index (Phi) is 4.59. The van der Waals surface area contributed by atoms with E-state index in [9.17, 15) is 8.42 Å². The zero-order valence-electron chi connectivity index (χ0n) is 9.99. The normalized spacial score (nSPS) is 32.9. The van der Waals surface area contributed by atoms with E-state index in [2.05, 4.69) is 18.6 Å². The SMILES string of the molecule is CCCS(=O)(=O)NC1CC(C)CC(C)C1. The van der Waals surface area contributed by atoms with Crippen LogP contribution in [-0.4, -0.2) is 20.2 Å². The fourth-order valence-electron chi connectivity index (χ4n) is 2.62. The summed E-state index contributed by atoms with van der Waals surface area (Å²) >= 11 is 0. The van der Waals surface area contributed by atoms with Crippen LogP contribution in [0.2, 0.25) is 0 Å². The summed E-state index contributed by atoms with van der Waals surface area (Å²) in [5, 5.41) is 0. The lowest BCUT2D eigenvalue weighted by atomic mass is 9.81. The van der Waals surface area contributed by atoms with Gasteiger partial charge in [0.2, 0.25) is 10.0 Å². The molecule has 0 aliphatic heterocycles. The molecule has 0 bridgehead atoms. The molecule has 3 nitrogen and oxygen atoms in total. The highest BCUT2D eigenvalue weighted by atomic mass is 32.2. The second kappa shape index (κ2) is 5.30. The molecule has 1 saturated carbocycles. The Bertz CT molecular complexity index is 277. The van der Waals surface area contributed by atoms with Gasteiger partial charge in [0.25, 0.3) is 0 Å². The predicted octanol–water partition coefficient (Wildman–Crippen LogP) is 2.14. The standard InChI is InChI=1S/C11H23NO2S/c1-4-5-15(13,14)12-11-7-9(2)6-10(3)8-11/h9-12H,4-8H2,1-3H3. The van der Waals surface area contributed by atoms with Crippen molar-refractivity contribution in [2.75, 3.05) is 5.75 Å². The fourth-order valence-corrected chi connectivity index (χ4v) is 3.98. The van der Waals surface area contributed by atoms with Crippen molar-refractivity contribution in [3.05, 3.63) is 0 Å². The highest BCUT2D eigenvalue weighted by Gasteiger charge is 2.26. The largest absolute Gasteiger partial charge is 0.212 e. The van der Waals surface area contributed by atoms with Crippen LogP contribution in [0.15, 0.2) is 0 Å². The van der Waals surface area contributed by atoms with Crippen LogP contribution in [0.1, 0.15) is 46.5 Å². The third-order valence-corrected chi connectivity index (χ3v) is 4.64. The van der Waals surface area contributed by atoms with Gasteiger partial charge < -0.3 is 0 Å². The Hall–Kier alpha value is -0.0900. The molecule has 4 heteroatoms. The molecule has 0 aromatic carbocycles. The molecule has 0 aromatic heterocycles. The molecule has 0 radical (unpaired) electrons. The minimum Gasteiger partial charge on any atom is -0.212 e. The third-order valence-electron chi connectivity index (χ3n) is 3.00. The molecule has 2 unspecified atom stereocenters. The van der Waals surface area contributed by atoms with E-state index in [1.165, 1.54) is 6.42 Å². The van der Waals surface area contributed by atoms with Crippen molar-refractivity contribution < 1.29 is 8.42 Å². The summed E-state index contributed by atoms with van der Waals surface area (Å²) in [5.41, 5.74) is 0. The number of nitrogens with one attached hydrogen (secondary N) is 1. The highest BCUT2D eigenvalue weighted by Crippen LogP contribution is 2.28. The Labute approximate surface area is 93.7 Å². The lowest BCUT2D eigenvalue weighted by Crippen LogP contribution is -2.40. The Balaban J connectivity index is 2.51. The summed E-state index contributed by atoms with van der Waals surface area (Å²) in [6.45, 7) is 6.30. The van der Waals surface area contributed by atoms with E-state index in [1.54, 1.807) is 0 Å². The van der Waals surface area contributed by atoms with E-state index in [-0.39, 0.29) is 11.8 Å². The second-order valence-electron chi connectivity index (χ2n) is 5.05. The van der Waals surface area contributed by atoms with Gasteiger partial charge >= 0.3 is 0 Å². The van der Waals surface area contributed by atoms with E-state index in [1.807, 2.05) is 6.92 Å². The van der Waals surface area contributed by atoms with Gasteiger partial charge in [-0.15, -0.1) is 0 Å². The van der Waals surface area contributed by atoms with Crippen LogP contribution in [0.4, 0.5) is 0 Å². The minimum absolute atomic E-state index is 0.167. The molecule has 15 heavy (non-hydrogen) atoms. The van der Waals surface area contributed by atoms with Gasteiger partial charge in [0.05, 0.1) is 5.75 Å². The van der Waals surface area contributed by atoms with Crippen molar-refractivity contribution in [2.45, 2.75) is 52.5 Å². The van der Waals surface area contributed by atoms with Crippen molar-refractivity contribution in [2.24, 2.45) is 11.8 Å². The Morgan fingerprint density at radius 1 is 1.13 bits per heavy atom. The van der Waals surface area contributed by atoms with Gasteiger partial charge in [-0.1, -0.05) is 20.8 Å². The molecule has 0 saturated heterocycles. The smallest absolute Gasteiger partial charge is 0.211 e. The lowest BCUT2D eigenvalue weighted by Gasteiger charge is -2.31. The van der Waals surface area contributed by atoms with Crippen LogP contribution in [0.25, 0.3) is 0 Å². The van der Waals surface area contributed by atoms with E-state index < -0.39 is 10.0 Å². The predicted molar refractivity (Wildman–Crippen MR) is 63.2 cm³/mol. The highest BCUT2D eigenvalue weighted by molar-refractivity contribution is 7.89. The van der Waals surface area contributed by atoms with Crippen LogP contribution < -0.4 is 4.72 Å². The first-order valence-corrected chi connectivity index (χ1v) is 7.58. The maximum atomic E-state index is 11.6. The molecular weight excluding hydrogens is 210 g/mol. The van der Waals surface area contributed by atoms with Crippen molar-refractivity contribution >= 4 is 10.0 Å². The van der Waals surface area contributed by atoms with Gasteiger partial charge in [-0.2, -0.15) is 0 Å². The summed E-state index contributed by atoms with van der Waals surface area (Å²) in [6, 6.07) is 0.167. The van der Waals surface area contributed by atoms with Crippen LogP contribution in [-0.2, 0) is 10.0 Å². The molecule has 0 heterocycles. The van der Waals surface area contributed by atoms with Crippen molar-refractivity contribution in [1.82, 2.24) is 4.72 Å². The van der Waals surface area contributed by atoms with E-state index in [0.717, 1.165) is 12.8 Å². The summed E-state index contributed by atoms with van der Waals surface area (Å²) in [7, 11) is -3.03. The monoisotopic (exact) mass is 233 g/mol. The van der Waals surface area contributed by atoms with Crippen molar-refractivity contribution in [1.29, 1.82) is 0 Å². The quantitative estimate of drug-likeness (QED) is 0.808. The van der Waals surface area contributed by atoms with Crippen molar-refractivity contribution in [3.8, 4) is 0 Å². The van der Waals surface area contributed by atoms with Gasteiger partial charge in [-0.05, 0) is 37.5 Å². The number of sulfonamides is 1. The molecule has 1 fully saturated rings. The maximum absolute atomic E-state index is 11.6. The van der Waals surface area contributed by atoms with Gasteiger partial charge in [0, 0.05) is 6.04 Å². The summed E-state index contributed by atoms with van der Waals surface area (Å²) < 4.78 is 26.0. The first kappa shape index (κ1) is 13.0. The van der Waals surface area contributed by atoms with Crippen LogP contribution in [0, 0.1) is 11.8 Å². The molecule has 1 N–H and O–H groups in total. The molecule has 1 aliphatic carbocycles. The van der Waals surface area contributed by atoms with Gasteiger partial charge in [-0.25, -0.2) is 13.1 Å². The molecule has 1 aliphatic rings. The van der Waals surface area contributed by atoms with Gasteiger partial charge in [0.1, 0.15) is 0 Å². The van der Waals surface area contributed by atoms with E-state index in [0.29, 0.717) is 18.3 Å². The average Bonchev–Trinajstić information content (AvgIpc) is 1.99. The van der Waals surface area contributed by atoms with Crippen LogP contribution in [0.5, 0.6) is 0 Å². The van der Waals surface area contributed by atoms with E-state index in [4.69, 9.17) is 0 Å². The van der Waals surface area contributed by atoms with E-state index >= 15 is 0 Å². The number of hydrogen-bond acceptors (Lipinski definition) is 2. The third kappa shape index (κ3) is 4.51. The van der Waals surface area contributed by atoms with Gasteiger partial charge in [-0.3, -0.25) is 0 Å². The lowest BCUT2D eigenvalue weighted by molar-refractivity contribution is 0.257. The van der Waals surface area contributed by atoms with Gasteiger partial charge in [0.15, 0.2) is 0 Å². The molecule has 90 valence electrons. The zero-order valence-corrected chi connectivity index (χ0v) is 10.8. The Morgan fingerprint density at radius 3 is 2.13 bits per heavy atom. The number of rotatable bonds is 4. The summed E-state index contributed by atoms with van der Waals surface area (Å²) in [5.74, 6) is 1.54.